The van der Waals surface area contributed by atoms with Crippen molar-refractivity contribution in [2.45, 2.75) is 58.6 Å². The van der Waals surface area contributed by atoms with Crippen molar-refractivity contribution in [1.82, 2.24) is 9.97 Å². The van der Waals surface area contributed by atoms with Crippen LogP contribution in [0.5, 0.6) is 0 Å². The summed E-state index contributed by atoms with van der Waals surface area (Å²) < 4.78 is 0. The van der Waals surface area contributed by atoms with Crippen molar-refractivity contribution in [3.05, 3.63) is 65.0 Å². The van der Waals surface area contributed by atoms with Gasteiger partial charge in [-0.2, -0.15) is 0 Å². The van der Waals surface area contributed by atoms with Crippen molar-refractivity contribution in [3.8, 4) is 0 Å². The van der Waals surface area contributed by atoms with Crippen LogP contribution in [0.25, 0.3) is 11.0 Å². The Balaban J connectivity index is 1.94. The lowest BCUT2D eigenvalue weighted by Gasteiger charge is -2.28. The van der Waals surface area contributed by atoms with Crippen molar-refractivity contribution in [1.29, 1.82) is 0 Å². The van der Waals surface area contributed by atoms with Crippen LogP contribution in [0.3, 0.4) is 0 Å². The van der Waals surface area contributed by atoms with Gasteiger partial charge in [-0.05, 0) is 54.3 Å². The number of H-pyrrole nitrogens is 1. The van der Waals surface area contributed by atoms with Gasteiger partial charge in [0.15, 0.2) is 6.23 Å². The van der Waals surface area contributed by atoms with Crippen LogP contribution in [0.15, 0.2) is 47.5 Å². The van der Waals surface area contributed by atoms with E-state index in [1.165, 1.54) is 11.1 Å². The number of aromatic amines is 1. The van der Waals surface area contributed by atoms with Crippen LogP contribution in [-0.4, -0.2) is 28.0 Å². The number of aliphatic hydroxyl groups excluding tert-OH is 1. The lowest BCUT2D eigenvalue weighted by atomic mass is 9.83. The molecule has 28 heavy (non-hydrogen) atoms. The Labute approximate surface area is 167 Å². The molecule has 1 heterocycles. The average Bonchev–Trinajstić information content (AvgIpc) is 3.07. The number of nitrogens with one attached hydrogen (secondary N) is 1. The third-order valence-electron chi connectivity index (χ3n) is 5.90. The summed E-state index contributed by atoms with van der Waals surface area (Å²) in [5.41, 5.74) is 5.15. The van der Waals surface area contributed by atoms with Gasteiger partial charge in [-0.3, -0.25) is 4.99 Å². The van der Waals surface area contributed by atoms with E-state index < -0.39 is 11.6 Å². The lowest BCUT2D eigenvalue weighted by molar-refractivity contribution is 0.110. The Bertz CT molecular complexity index is 971. The van der Waals surface area contributed by atoms with Gasteiger partial charge in [-0.1, -0.05) is 58.0 Å². The van der Waals surface area contributed by atoms with E-state index >= 15 is 0 Å². The fourth-order valence-corrected chi connectivity index (χ4v) is 3.85. The number of rotatable bonds is 7. The van der Waals surface area contributed by atoms with Crippen LogP contribution < -0.4 is 0 Å². The van der Waals surface area contributed by atoms with Crippen molar-refractivity contribution in [2.24, 2.45) is 10.9 Å². The summed E-state index contributed by atoms with van der Waals surface area (Å²) in [6.45, 7) is 14.1. The van der Waals surface area contributed by atoms with Gasteiger partial charge < -0.3 is 10.1 Å². The summed E-state index contributed by atoms with van der Waals surface area (Å²) in [4.78, 5) is 12.1. The van der Waals surface area contributed by atoms with Gasteiger partial charge in [-0.15, -0.1) is 0 Å². The molecule has 0 saturated heterocycles. The van der Waals surface area contributed by atoms with Crippen LogP contribution in [0.2, 0.25) is 0 Å². The fourth-order valence-electron chi connectivity index (χ4n) is 3.85. The predicted molar refractivity (Wildman–Crippen MR) is 117 cm³/mol. The standard InChI is InChI=1S/C24H31N3O/c1-15(2)19(18-10-8-7-9-16(18)3)14-22-26-20-12-11-17(13-21(20)27-22)24(4,5)23(28)25-6/h7-13,15,19,23,28H,6,14H2,1-5H3,(H,26,27). The maximum Gasteiger partial charge on any atom is 0.153 e. The molecule has 0 aliphatic rings. The summed E-state index contributed by atoms with van der Waals surface area (Å²) in [5.74, 6) is 1.91. The number of aryl methyl sites for hydroxylation is 1. The highest BCUT2D eigenvalue weighted by Crippen LogP contribution is 2.32. The normalized spacial score (nSPS) is 14.4. The molecule has 148 valence electrons. The van der Waals surface area contributed by atoms with E-state index in [2.05, 4.69) is 67.8 Å². The van der Waals surface area contributed by atoms with E-state index in [1.54, 1.807) is 0 Å². The van der Waals surface area contributed by atoms with Crippen LogP contribution in [0.4, 0.5) is 0 Å². The van der Waals surface area contributed by atoms with Crippen LogP contribution >= 0.6 is 0 Å². The zero-order valence-electron chi connectivity index (χ0n) is 17.5. The first-order valence-corrected chi connectivity index (χ1v) is 9.92. The van der Waals surface area contributed by atoms with Gasteiger partial charge >= 0.3 is 0 Å². The molecule has 0 amide bonds. The summed E-state index contributed by atoms with van der Waals surface area (Å²) in [6.07, 6.45) is 0.0194. The van der Waals surface area contributed by atoms with Gasteiger partial charge in [0.2, 0.25) is 0 Å². The van der Waals surface area contributed by atoms with E-state index in [9.17, 15) is 5.11 Å². The number of aromatic nitrogens is 2. The predicted octanol–water partition coefficient (Wildman–Crippen LogP) is 5.15. The minimum atomic E-state index is -0.848. The molecule has 2 unspecified atom stereocenters. The Morgan fingerprint density at radius 1 is 1.18 bits per heavy atom. The highest BCUT2D eigenvalue weighted by molar-refractivity contribution is 5.76. The van der Waals surface area contributed by atoms with Gasteiger partial charge in [-0.25, -0.2) is 4.98 Å². The fraction of sp³-hybridized carbons (Fsp3) is 0.417. The van der Waals surface area contributed by atoms with E-state index in [0.717, 1.165) is 28.8 Å². The zero-order valence-corrected chi connectivity index (χ0v) is 17.5. The van der Waals surface area contributed by atoms with Crippen molar-refractivity contribution in [2.75, 3.05) is 0 Å². The Morgan fingerprint density at radius 3 is 2.54 bits per heavy atom. The molecule has 0 saturated carbocycles. The quantitative estimate of drug-likeness (QED) is 0.559. The maximum atomic E-state index is 10.2. The van der Waals surface area contributed by atoms with E-state index in [0.29, 0.717) is 11.8 Å². The zero-order chi connectivity index (χ0) is 20.5. The molecule has 3 rings (SSSR count). The number of nitrogens with zero attached hydrogens (tertiary/aromatic N) is 2. The number of aliphatic imine (C=N–C) groups is 1. The number of imidazole rings is 1. The Kier molecular flexibility index (Phi) is 5.71. The molecule has 0 bridgehead atoms. The second-order valence-electron chi connectivity index (χ2n) is 8.60. The molecular formula is C24H31N3O. The topological polar surface area (TPSA) is 61.3 Å². The number of benzene rings is 2. The molecule has 4 heteroatoms. The first-order valence-electron chi connectivity index (χ1n) is 9.92. The average molecular weight is 378 g/mol. The molecule has 0 spiro atoms. The van der Waals surface area contributed by atoms with Gasteiger partial charge in [0.1, 0.15) is 5.82 Å². The van der Waals surface area contributed by atoms with Crippen LogP contribution in [0.1, 0.15) is 56.1 Å². The van der Waals surface area contributed by atoms with Crippen molar-refractivity contribution < 1.29 is 5.11 Å². The largest absolute Gasteiger partial charge is 0.371 e. The lowest BCUT2D eigenvalue weighted by Crippen LogP contribution is -2.31. The molecular weight excluding hydrogens is 346 g/mol. The molecule has 0 radical (unpaired) electrons. The van der Waals surface area contributed by atoms with Gasteiger partial charge in [0.25, 0.3) is 0 Å². The third-order valence-corrected chi connectivity index (χ3v) is 5.90. The number of hydrogen-bond acceptors (Lipinski definition) is 3. The molecule has 2 atom stereocenters. The summed E-state index contributed by atoms with van der Waals surface area (Å²) >= 11 is 0. The summed E-state index contributed by atoms with van der Waals surface area (Å²) in [5, 5.41) is 10.2. The van der Waals surface area contributed by atoms with E-state index in [1.807, 2.05) is 26.0 Å². The molecule has 0 aliphatic heterocycles. The minimum Gasteiger partial charge on any atom is -0.371 e. The minimum absolute atomic E-state index is 0.407. The third kappa shape index (κ3) is 3.88. The molecule has 3 aromatic rings. The highest BCUT2D eigenvalue weighted by Gasteiger charge is 2.29. The van der Waals surface area contributed by atoms with Crippen LogP contribution in [0, 0.1) is 12.8 Å². The first-order chi connectivity index (χ1) is 13.2. The number of fused-ring (bicyclic) bond motifs is 1. The monoisotopic (exact) mass is 377 g/mol. The first kappa shape index (κ1) is 20.3. The van der Waals surface area contributed by atoms with Crippen LogP contribution in [-0.2, 0) is 11.8 Å². The van der Waals surface area contributed by atoms with Gasteiger partial charge in [0, 0.05) is 11.8 Å². The highest BCUT2D eigenvalue weighted by atomic mass is 16.3. The molecule has 2 N–H and O–H groups in total. The SMILES string of the molecule is C=NC(O)C(C)(C)c1ccc2nc(CC(c3ccccc3C)C(C)C)[nH]c2c1. The second kappa shape index (κ2) is 7.88. The number of hydrogen-bond donors (Lipinski definition) is 2. The molecule has 0 aliphatic carbocycles. The van der Waals surface area contributed by atoms with Crippen molar-refractivity contribution in [3.63, 3.8) is 0 Å². The molecule has 2 aromatic carbocycles. The van der Waals surface area contributed by atoms with E-state index in [-0.39, 0.29) is 0 Å². The maximum absolute atomic E-state index is 10.2. The summed E-state index contributed by atoms with van der Waals surface area (Å²) in [6, 6.07) is 14.7. The smallest absolute Gasteiger partial charge is 0.153 e. The molecule has 0 fully saturated rings. The summed E-state index contributed by atoms with van der Waals surface area (Å²) in [7, 11) is 0. The second-order valence-corrected chi connectivity index (χ2v) is 8.60. The van der Waals surface area contributed by atoms with E-state index in [4.69, 9.17) is 4.98 Å². The molecule has 4 nitrogen and oxygen atoms in total. The Hall–Kier alpha value is -2.46. The van der Waals surface area contributed by atoms with Gasteiger partial charge in [0.05, 0.1) is 11.0 Å². The van der Waals surface area contributed by atoms with Crippen molar-refractivity contribution >= 4 is 17.8 Å². The molecule has 1 aromatic heterocycles. The number of aliphatic hydroxyl groups is 1. The Morgan fingerprint density at radius 2 is 1.89 bits per heavy atom.